The number of hydrogen-bond acceptors (Lipinski definition) is 8. The number of primary amides is 1. The van der Waals surface area contributed by atoms with Crippen molar-refractivity contribution in [1.82, 2.24) is 9.62 Å². The van der Waals surface area contributed by atoms with Crippen molar-refractivity contribution in [3.63, 3.8) is 0 Å². The van der Waals surface area contributed by atoms with Gasteiger partial charge in [0.05, 0.1) is 17.6 Å². The first kappa shape index (κ1) is 29.7. The van der Waals surface area contributed by atoms with E-state index in [4.69, 9.17) is 10.5 Å². The van der Waals surface area contributed by atoms with E-state index < -0.39 is 46.0 Å². The van der Waals surface area contributed by atoms with E-state index in [1.54, 1.807) is 0 Å². The molecule has 5 atom stereocenters. The van der Waals surface area contributed by atoms with Gasteiger partial charge in [0.25, 0.3) is 15.9 Å². The van der Waals surface area contributed by atoms with Gasteiger partial charge in [-0.1, -0.05) is 44.1 Å². The highest BCUT2D eigenvalue weighted by Crippen LogP contribution is 2.57. The molecule has 2 fully saturated rings. The van der Waals surface area contributed by atoms with Crippen LogP contribution in [0.15, 0.2) is 41.3 Å². The number of rotatable bonds is 6. The summed E-state index contributed by atoms with van der Waals surface area (Å²) in [5.74, 6) is -2.98. The average Bonchev–Trinajstić information content (AvgIpc) is 3.46. The number of allylic oxidation sites excluding steroid dienone is 2. The minimum atomic E-state index is -4.44. The Balaban J connectivity index is 1.60. The Bertz CT molecular complexity index is 1300. The molecule has 2 heterocycles. The first-order chi connectivity index (χ1) is 18.9. The Morgan fingerprint density at radius 1 is 1.20 bits per heavy atom. The highest BCUT2D eigenvalue weighted by atomic mass is 32.2. The SMILES string of the molecule is C[C@H]1CCCCC/C=C\[C@H]2C[C@@]2(C(=O)NS(=O)(=O)c2ccccc2OCC(N)=O)CC(=O)[C@@H]2C[C@@H](O)CN2C1=O. The molecule has 3 amide bonds. The van der Waals surface area contributed by atoms with E-state index in [1.807, 2.05) is 19.1 Å². The zero-order valence-electron chi connectivity index (χ0n) is 22.6. The Labute approximate surface area is 234 Å². The van der Waals surface area contributed by atoms with Gasteiger partial charge in [-0.25, -0.2) is 13.1 Å². The molecule has 0 spiro atoms. The summed E-state index contributed by atoms with van der Waals surface area (Å²) < 4.78 is 33.9. The maximum Gasteiger partial charge on any atom is 0.267 e. The van der Waals surface area contributed by atoms with E-state index in [9.17, 15) is 32.7 Å². The van der Waals surface area contributed by atoms with Crippen molar-refractivity contribution < 1.29 is 37.4 Å². The second-order valence-electron chi connectivity index (χ2n) is 11.1. The molecule has 11 nitrogen and oxygen atoms in total. The van der Waals surface area contributed by atoms with Crippen molar-refractivity contribution in [1.29, 1.82) is 0 Å². The van der Waals surface area contributed by atoms with Crippen LogP contribution in [-0.4, -0.2) is 67.2 Å². The predicted molar refractivity (Wildman–Crippen MR) is 144 cm³/mol. The molecule has 1 saturated heterocycles. The number of nitrogens with one attached hydrogen (secondary N) is 1. The molecule has 218 valence electrons. The van der Waals surface area contributed by atoms with Crippen molar-refractivity contribution in [2.24, 2.45) is 23.0 Å². The van der Waals surface area contributed by atoms with Crippen molar-refractivity contribution in [2.45, 2.75) is 75.3 Å². The van der Waals surface area contributed by atoms with E-state index in [1.165, 1.54) is 29.2 Å². The summed E-state index contributed by atoms with van der Waals surface area (Å²) in [5.41, 5.74) is 3.81. The normalized spacial score (nSPS) is 30.3. The molecule has 1 aromatic carbocycles. The third kappa shape index (κ3) is 6.55. The van der Waals surface area contributed by atoms with Gasteiger partial charge in [-0.2, -0.15) is 0 Å². The lowest BCUT2D eigenvalue weighted by Gasteiger charge is -2.27. The predicted octanol–water partition coefficient (Wildman–Crippen LogP) is 1.44. The molecule has 1 aliphatic carbocycles. The van der Waals surface area contributed by atoms with Crippen molar-refractivity contribution in [3.8, 4) is 5.75 Å². The van der Waals surface area contributed by atoms with Gasteiger partial charge in [-0.15, -0.1) is 0 Å². The number of aliphatic hydroxyl groups excluding tert-OH is 1. The topological polar surface area (TPSA) is 173 Å². The Hall–Kier alpha value is -3.25. The van der Waals surface area contributed by atoms with Gasteiger partial charge in [-0.3, -0.25) is 19.2 Å². The first-order valence-electron chi connectivity index (χ1n) is 13.7. The van der Waals surface area contributed by atoms with Gasteiger partial charge in [0.2, 0.25) is 11.8 Å². The molecule has 0 unspecified atom stereocenters. The fraction of sp³-hybridized carbons (Fsp3) is 0.571. The molecule has 2 aliphatic heterocycles. The van der Waals surface area contributed by atoms with Crippen LogP contribution in [0.4, 0.5) is 0 Å². The summed E-state index contributed by atoms with van der Waals surface area (Å²) in [7, 11) is -4.44. The molecular formula is C28H37N3O8S. The van der Waals surface area contributed by atoms with Gasteiger partial charge in [0.15, 0.2) is 12.4 Å². The monoisotopic (exact) mass is 575 g/mol. The number of sulfonamides is 1. The van der Waals surface area contributed by atoms with Crippen LogP contribution in [-0.2, 0) is 29.2 Å². The van der Waals surface area contributed by atoms with E-state index in [2.05, 4.69) is 4.72 Å². The summed E-state index contributed by atoms with van der Waals surface area (Å²) in [6.45, 7) is 1.33. The summed E-state index contributed by atoms with van der Waals surface area (Å²) in [4.78, 5) is 52.6. The van der Waals surface area contributed by atoms with E-state index >= 15 is 0 Å². The number of para-hydroxylation sites is 1. The largest absolute Gasteiger partial charge is 0.482 e. The molecule has 3 aliphatic rings. The molecule has 0 bridgehead atoms. The third-order valence-corrected chi connectivity index (χ3v) is 9.41. The zero-order chi connectivity index (χ0) is 29.1. The number of ether oxygens (including phenoxy) is 1. The molecule has 0 radical (unpaired) electrons. The van der Waals surface area contributed by atoms with Crippen molar-refractivity contribution >= 4 is 33.5 Å². The van der Waals surface area contributed by atoms with Gasteiger partial charge < -0.3 is 20.5 Å². The number of aliphatic hydroxyl groups is 1. The summed E-state index contributed by atoms with van der Waals surface area (Å²) in [6.07, 6.45) is 7.25. The average molecular weight is 576 g/mol. The molecule has 0 aromatic heterocycles. The van der Waals surface area contributed by atoms with Crippen LogP contribution in [0.2, 0.25) is 0 Å². The lowest BCUT2D eigenvalue weighted by molar-refractivity contribution is -0.141. The zero-order valence-corrected chi connectivity index (χ0v) is 23.4. The van der Waals surface area contributed by atoms with Crippen LogP contribution in [0, 0.1) is 17.3 Å². The maximum absolute atomic E-state index is 13.6. The van der Waals surface area contributed by atoms with Crippen LogP contribution in [0.3, 0.4) is 0 Å². The molecule has 1 saturated carbocycles. The Kier molecular flexibility index (Phi) is 8.99. The fourth-order valence-corrected chi connectivity index (χ4v) is 6.90. The summed E-state index contributed by atoms with van der Waals surface area (Å²) >= 11 is 0. The quantitative estimate of drug-likeness (QED) is 0.427. The summed E-state index contributed by atoms with van der Waals surface area (Å²) in [6, 6.07) is 4.67. The van der Waals surface area contributed by atoms with Crippen LogP contribution < -0.4 is 15.2 Å². The second kappa shape index (κ2) is 12.1. The number of ketones is 1. The van der Waals surface area contributed by atoms with E-state index in [0.717, 1.165) is 25.7 Å². The van der Waals surface area contributed by atoms with Gasteiger partial charge >= 0.3 is 0 Å². The van der Waals surface area contributed by atoms with Gasteiger partial charge in [0.1, 0.15) is 10.6 Å². The number of carbonyl (C=O) groups excluding carboxylic acids is 4. The van der Waals surface area contributed by atoms with Crippen LogP contribution in [0.5, 0.6) is 5.75 Å². The second-order valence-corrected chi connectivity index (χ2v) is 12.8. The lowest BCUT2D eigenvalue weighted by Crippen LogP contribution is -2.45. The van der Waals surface area contributed by atoms with Gasteiger partial charge in [-0.05, 0) is 43.7 Å². The van der Waals surface area contributed by atoms with Crippen molar-refractivity contribution in [3.05, 3.63) is 36.4 Å². The molecular weight excluding hydrogens is 538 g/mol. The number of Topliss-reactive ketones (excluding diaryl/α,β-unsaturated/α-hetero) is 1. The number of nitrogens with two attached hydrogens (primary N) is 1. The number of nitrogens with zero attached hydrogens (tertiary/aromatic N) is 1. The molecule has 1 aromatic rings. The number of hydrogen-bond donors (Lipinski definition) is 3. The minimum Gasteiger partial charge on any atom is -0.482 e. The number of benzene rings is 1. The highest BCUT2D eigenvalue weighted by molar-refractivity contribution is 7.90. The van der Waals surface area contributed by atoms with Crippen LogP contribution in [0.25, 0.3) is 0 Å². The molecule has 4 rings (SSSR count). The van der Waals surface area contributed by atoms with E-state index in [0.29, 0.717) is 6.42 Å². The van der Waals surface area contributed by atoms with Crippen molar-refractivity contribution in [2.75, 3.05) is 13.2 Å². The molecule has 40 heavy (non-hydrogen) atoms. The number of fused-ring (bicyclic) bond motifs is 2. The minimum absolute atomic E-state index is 0.0541. The fourth-order valence-electron chi connectivity index (χ4n) is 5.70. The molecule has 12 heteroatoms. The van der Waals surface area contributed by atoms with Crippen LogP contribution >= 0.6 is 0 Å². The standard InChI is InChI=1S/C28H37N3O8S/c1-18-9-5-3-2-4-6-10-19-14-28(19,15-22(33)21-13-20(32)16-31(21)26(18)35)27(36)30-40(37,38)24-12-8-7-11-23(24)39-17-25(29)34/h6-8,10-12,18-21,32H,2-5,9,13-17H2,1H3,(H2,29,34)(H,30,36)/b10-6-/t18-,19-,20+,21-,28+/m0/s1. The first-order valence-corrected chi connectivity index (χ1v) is 15.2. The Morgan fingerprint density at radius 3 is 2.70 bits per heavy atom. The van der Waals surface area contributed by atoms with Crippen LogP contribution in [0.1, 0.15) is 58.3 Å². The lowest BCUT2D eigenvalue weighted by atomic mass is 9.91. The molecule has 4 N–H and O–H groups in total. The number of carbonyl (C=O) groups is 4. The van der Waals surface area contributed by atoms with Gasteiger partial charge in [0, 0.05) is 25.3 Å². The summed E-state index contributed by atoms with van der Waals surface area (Å²) in [5, 5.41) is 10.3. The smallest absolute Gasteiger partial charge is 0.267 e. The number of amides is 3. The van der Waals surface area contributed by atoms with E-state index in [-0.39, 0.29) is 60.0 Å². The highest BCUT2D eigenvalue weighted by Gasteiger charge is 2.61. The maximum atomic E-state index is 13.6. The third-order valence-electron chi connectivity index (χ3n) is 8.04. The Morgan fingerprint density at radius 2 is 1.95 bits per heavy atom.